The first-order chi connectivity index (χ1) is 9.12. The lowest BCUT2D eigenvalue weighted by atomic mass is 10.1. The molecule has 1 aliphatic heterocycles. The molecule has 1 heterocycles. The Kier molecular flexibility index (Phi) is 3.13. The second kappa shape index (κ2) is 4.31. The summed E-state index contributed by atoms with van der Waals surface area (Å²) in [4.78, 5) is 23.5. The number of amides is 1. The normalized spacial score (nSPS) is 18.9. The van der Waals surface area contributed by atoms with Crippen LogP contribution in [0.1, 0.15) is 29.8 Å². The molecule has 108 valence electrons. The molecule has 0 saturated carbocycles. The fourth-order valence-corrected chi connectivity index (χ4v) is 3.58. The van der Waals surface area contributed by atoms with Crippen molar-refractivity contribution in [1.82, 2.24) is 0 Å². The van der Waals surface area contributed by atoms with E-state index < -0.39 is 26.5 Å². The van der Waals surface area contributed by atoms with Crippen molar-refractivity contribution in [1.29, 1.82) is 0 Å². The summed E-state index contributed by atoms with van der Waals surface area (Å²) in [6.07, 6.45) is 0. The number of hydrogen-bond acceptors (Lipinski definition) is 5. The number of methoxy groups -OCH3 is 1. The topological polar surface area (TPSA) is 89.5 Å². The maximum absolute atomic E-state index is 12.5. The van der Waals surface area contributed by atoms with Crippen LogP contribution in [0.3, 0.4) is 0 Å². The van der Waals surface area contributed by atoms with E-state index in [9.17, 15) is 18.0 Å². The van der Waals surface area contributed by atoms with Gasteiger partial charge in [0.2, 0.25) is 5.91 Å². The summed E-state index contributed by atoms with van der Waals surface area (Å²) >= 11 is 0. The van der Waals surface area contributed by atoms with Crippen LogP contribution in [0.2, 0.25) is 0 Å². The van der Waals surface area contributed by atoms with Gasteiger partial charge in [0, 0.05) is 0 Å². The molecule has 7 heteroatoms. The summed E-state index contributed by atoms with van der Waals surface area (Å²) in [5, 5.41) is 2.53. The molecule has 2 rings (SSSR count). The minimum atomic E-state index is -3.81. The zero-order valence-corrected chi connectivity index (χ0v) is 12.4. The van der Waals surface area contributed by atoms with Gasteiger partial charge in [0.05, 0.1) is 23.3 Å². The molecule has 0 aliphatic carbocycles. The maximum atomic E-state index is 12.5. The van der Waals surface area contributed by atoms with E-state index in [4.69, 9.17) is 0 Å². The highest BCUT2D eigenvalue weighted by Gasteiger charge is 2.47. The van der Waals surface area contributed by atoms with Gasteiger partial charge in [0.1, 0.15) is 4.75 Å². The third kappa shape index (κ3) is 1.81. The molecular formula is C13H15NO5S. The second-order valence-electron chi connectivity index (χ2n) is 5.12. The van der Waals surface area contributed by atoms with Crippen LogP contribution in [0.5, 0.6) is 0 Å². The lowest BCUT2D eigenvalue weighted by molar-refractivity contribution is -0.118. The highest BCUT2D eigenvalue weighted by molar-refractivity contribution is 7.94. The van der Waals surface area contributed by atoms with Crippen molar-refractivity contribution in [3.8, 4) is 0 Å². The standard InChI is InChI=1S/C13H15NO5S/c1-7-5-10-9(6-8(7)11(15)19-4)14-12(16)13(2,3)20(10,17)18/h5-6H,1-4H3,(H,14,16). The molecule has 0 fully saturated rings. The summed E-state index contributed by atoms with van der Waals surface area (Å²) in [5.74, 6) is -1.20. The van der Waals surface area contributed by atoms with E-state index >= 15 is 0 Å². The highest BCUT2D eigenvalue weighted by Crippen LogP contribution is 2.38. The Morgan fingerprint density at radius 1 is 1.30 bits per heavy atom. The van der Waals surface area contributed by atoms with Crippen molar-refractivity contribution in [2.45, 2.75) is 30.4 Å². The van der Waals surface area contributed by atoms with E-state index in [0.717, 1.165) is 0 Å². The minimum absolute atomic E-state index is 0.0206. The van der Waals surface area contributed by atoms with Crippen molar-refractivity contribution in [3.05, 3.63) is 23.3 Å². The summed E-state index contributed by atoms with van der Waals surface area (Å²) in [5.41, 5.74) is 0.813. The molecule has 0 atom stereocenters. The number of nitrogens with one attached hydrogen (secondary N) is 1. The monoisotopic (exact) mass is 297 g/mol. The molecule has 0 saturated heterocycles. The molecule has 20 heavy (non-hydrogen) atoms. The Morgan fingerprint density at radius 3 is 2.45 bits per heavy atom. The summed E-state index contributed by atoms with van der Waals surface area (Å²) in [7, 11) is -2.57. The van der Waals surface area contributed by atoms with Crippen LogP contribution in [-0.2, 0) is 19.4 Å². The first-order valence-corrected chi connectivity index (χ1v) is 7.40. The van der Waals surface area contributed by atoms with Crippen LogP contribution in [0.15, 0.2) is 17.0 Å². The lowest BCUT2D eigenvalue weighted by Crippen LogP contribution is -2.48. The molecule has 1 aromatic rings. The van der Waals surface area contributed by atoms with Crippen LogP contribution in [0.4, 0.5) is 5.69 Å². The van der Waals surface area contributed by atoms with Crippen LogP contribution in [0, 0.1) is 6.92 Å². The largest absolute Gasteiger partial charge is 0.465 e. The number of benzene rings is 1. The predicted molar refractivity (Wildman–Crippen MR) is 72.4 cm³/mol. The first-order valence-electron chi connectivity index (χ1n) is 5.92. The van der Waals surface area contributed by atoms with Gasteiger partial charge in [-0.3, -0.25) is 4.79 Å². The fourth-order valence-electron chi connectivity index (χ4n) is 2.00. The lowest BCUT2D eigenvalue weighted by Gasteiger charge is -2.30. The van der Waals surface area contributed by atoms with Gasteiger partial charge in [-0.2, -0.15) is 0 Å². The minimum Gasteiger partial charge on any atom is -0.465 e. The molecule has 1 N–H and O–H groups in total. The molecule has 0 spiro atoms. The average molecular weight is 297 g/mol. The number of fused-ring (bicyclic) bond motifs is 1. The molecule has 0 aromatic heterocycles. The number of hydrogen-bond donors (Lipinski definition) is 1. The Morgan fingerprint density at radius 2 is 1.90 bits per heavy atom. The van der Waals surface area contributed by atoms with Crippen molar-refractivity contribution >= 4 is 27.4 Å². The van der Waals surface area contributed by atoms with Gasteiger partial charge >= 0.3 is 5.97 Å². The number of anilines is 1. The summed E-state index contributed by atoms with van der Waals surface area (Å²) < 4.78 is 28.0. The second-order valence-corrected chi connectivity index (χ2v) is 7.59. The van der Waals surface area contributed by atoms with Gasteiger partial charge in [0.25, 0.3) is 0 Å². The number of carbonyl (C=O) groups is 2. The van der Waals surface area contributed by atoms with Gasteiger partial charge < -0.3 is 10.1 Å². The van der Waals surface area contributed by atoms with Crippen LogP contribution < -0.4 is 5.32 Å². The van der Waals surface area contributed by atoms with Crippen LogP contribution >= 0.6 is 0 Å². The van der Waals surface area contributed by atoms with E-state index in [0.29, 0.717) is 5.56 Å². The smallest absolute Gasteiger partial charge is 0.338 e. The predicted octanol–water partition coefficient (Wildman–Crippen LogP) is 1.29. The number of esters is 1. The van der Waals surface area contributed by atoms with E-state index in [1.54, 1.807) is 6.92 Å². The quantitative estimate of drug-likeness (QED) is 0.789. The van der Waals surface area contributed by atoms with Gasteiger partial charge in [-0.1, -0.05) is 0 Å². The molecule has 1 aromatic carbocycles. The Hall–Kier alpha value is -1.89. The van der Waals surface area contributed by atoms with Crippen LogP contribution in [0.25, 0.3) is 0 Å². The van der Waals surface area contributed by atoms with E-state index in [1.807, 2.05) is 0 Å². The number of ether oxygens (including phenoxy) is 1. The van der Waals surface area contributed by atoms with Crippen molar-refractivity contribution < 1.29 is 22.7 Å². The van der Waals surface area contributed by atoms with Crippen molar-refractivity contribution in [2.24, 2.45) is 0 Å². The maximum Gasteiger partial charge on any atom is 0.338 e. The van der Waals surface area contributed by atoms with E-state index in [2.05, 4.69) is 10.1 Å². The highest BCUT2D eigenvalue weighted by atomic mass is 32.2. The van der Waals surface area contributed by atoms with E-state index in [-0.39, 0.29) is 16.1 Å². The Balaban J connectivity index is 2.74. The fraction of sp³-hybridized carbons (Fsp3) is 0.385. The SMILES string of the molecule is COC(=O)c1cc2c(cc1C)S(=O)(=O)C(C)(C)C(=O)N2. The van der Waals surface area contributed by atoms with Gasteiger partial charge in [-0.05, 0) is 38.5 Å². The molecule has 1 aliphatic rings. The number of carbonyl (C=O) groups excluding carboxylic acids is 2. The molecule has 0 bridgehead atoms. The first kappa shape index (κ1) is 14.5. The molecule has 0 radical (unpaired) electrons. The average Bonchev–Trinajstić information content (AvgIpc) is 2.37. The molecule has 1 amide bonds. The zero-order chi connectivity index (χ0) is 15.3. The molecule has 0 unspecified atom stereocenters. The third-order valence-corrected chi connectivity index (χ3v) is 5.93. The molecular weight excluding hydrogens is 282 g/mol. The number of rotatable bonds is 1. The van der Waals surface area contributed by atoms with Crippen molar-refractivity contribution in [3.63, 3.8) is 0 Å². The van der Waals surface area contributed by atoms with Gasteiger partial charge in [-0.25, -0.2) is 13.2 Å². The third-order valence-electron chi connectivity index (χ3n) is 3.49. The number of aryl methyl sites for hydroxylation is 1. The zero-order valence-electron chi connectivity index (χ0n) is 11.6. The van der Waals surface area contributed by atoms with Gasteiger partial charge in [0.15, 0.2) is 9.84 Å². The van der Waals surface area contributed by atoms with Gasteiger partial charge in [-0.15, -0.1) is 0 Å². The Labute approximate surface area is 117 Å². The number of sulfone groups is 1. The van der Waals surface area contributed by atoms with E-state index in [1.165, 1.54) is 33.1 Å². The van der Waals surface area contributed by atoms with Crippen LogP contribution in [-0.4, -0.2) is 32.2 Å². The Bertz CT molecular complexity index is 719. The summed E-state index contributed by atoms with van der Waals surface area (Å²) in [6, 6.07) is 2.72. The summed E-state index contributed by atoms with van der Waals surface area (Å²) in [6.45, 7) is 4.32. The van der Waals surface area contributed by atoms with Crippen molar-refractivity contribution in [2.75, 3.05) is 12.4 Å². The molecule has 6 nitrogen and oxygen atoms in total.